The number of alkyl halides is 2. The van der Waals surface area contributed by atoms with Crippen LogP contribution in [0.25, 0.3) is 4.96 Å². The van der Waals surface area contributed by atoms with E-state index in [4.69, 9.17) is 0 Å². The lowest BCUT2D eigenvalue weighted by Crippen LogP contribution is -1.87. The van der Waals surface area contributed by atoms with E-state index in [1.54, 1.807) is 11.6 Å². The summed E-state index contributed by atoms with van der Waals surface area (Å²) in [6.07, 6.45) is 0.352. The number of halogens is 2. The van der Waals surface area contributed by atoms with Crippen LogP contribution < -0.4 is 0 Å². The van der Waals surface area contributed by atoms with Crippen molar-refractivity contribution in [2.75, 3.05) is 0 Å². The fraction of sp³-hybridized carbons (Fsp3) is 0.167. The van der Waals surface area contributed by atoms with E-state index in [0.29, 0.717) is 4.96 Å². The van der Waals surface area contributed by atoms with Gasteiger partial charge in [0.15, 0.2) is 4.96 Å². The van der Waals surface area contributed by atoms with Gasteiger partial charge in [0.05, 0.1) is 6.20 Å². The van der Waals surface area contributed by atoms with E-state index in [2.05, 4.69) is 4.98 Å². The first-order valence-corrected chi connectivity index (χ1v) is 3.85. The molecule has 0 radical (unpaired) electrons. The Hall–Kier alpha value is -0.970. The second-order valence-electron chi connectivity index (χ2n) is 2.04. The van der Waals surface area contributed by atoms with Crippen LogP contribution in [0.15, 0.2) is 17.8 Å². The Morgan fingerprint density at radius 3 is 3.09 bits per heavy atom. The number of aromatic nitrogens is 2. The topological polar surface area (TPSA) is 17.3 Å². The average Bonchev–Trinajstić information content (AvgIpc) is 2.41. The molecule has 2 rings (SSSR count). The monoisotopic (exact) mass is 174 g/mol. The molecule has 5 heteroatoms. The maximum Gasteiger partial charge on any atom is 0.280 e. The number of thiazole rings is 1. The highest BCUT2D eigenvalue weighted by atomic mass is 32.1. The Morgan fingerprint density at radius 2 is 2.36 bits per heavy atom. The second-order valence-corrected chi connectivity index (χ2v) is 2.91. The molecule has 0 aliphatic heterocycles. The zero-order chi connectivity index (χ0) is 7.84. The molecule has 0 unspecified atom stereocenters. The predicted molar refractivity (Wildman–Crippen MR) is 38.0 cm³/mol. The van der Waals surface area contributed by atoms with Gasteiger partial charge in [0.25, 0.3) is 6.43 Å². The number of rotatable bonds is 1. The van der Waals surface area contributed by atoms with Crippen molar-refractivity contribution in [3.05, 3.63) is 23.5 Å². The maximum absolute atomic E-state index is 12.2. The third kappa shape index (κ3) is 0.920. The molecule has 0 N–H and O–H groups in total. The molecule has 0 fully saturated rings. The third-order valence-electron chi connectivity index (χ3n) is 1.40. The predicted octanol–water partition coefficient (Wildman–Crippen LogP) is 2.33. The molecule has 2 heterocycles. The van der Waals surface area contributed by atoms with Gasteiger partial charge in [-0.3, -0.25) is 4.40 Å². The van der Waals surface area contributed by atoms with Crippen LogP contribution in [-0.4, -0.2) is 9.38 Å². The number of hydrogen-bond acceptors (Lipinski definition) is 2. The molecule has 11 heavy (non-hydrogen) atoms. The molecule has 0 aromatic carbocycles. The Labute approximate surface area is 65.1 Å². The summed E-state index contributed by atoms with van der Waals surface area (Å²) < 4.78 is 25.7. The Kier molecular flexibility index (Phi) is 1.38. The van der Waals surface area contributed by atoms with E-state index in [9.17, 15) is 8.78 Å². The zero-order valence-corrected chi connectivity index (χ0v) is 6.18. The fourth-order valence-electron chi connectivity index (χ4n) is 0.907. The van der Waals surface area contributed by atoms with Crippen molar-refractivity contribution >= 4 is 16.3 Å². The average molecular weight is 174 g/mol. The van der Waals surface area contributed by atoms with Gasteiger partial charge < -0.3 is 0 Å². The lowest BCUT2D eigenvalue weighted by Gasteiger charge is -1.93. The first-order chi connectivity index (χ1) is 5.29. The van der Waals surface area contributed by atoms with Gasteiger partial charge in [-0.25, -0.2) is 13.8 Å². The summed E-state index contributed by atoms with van der Waals surface area (Å²) >= 11 is 1.34. The maximum atomic E-state index is 12.2. The summed E-state index contributed by atoms with van der Waals surface area (Å²) in [6.45, 7) is 0. The molecule has 58 valence electrons. The van der Waals surface area contributed by atoms with Crippen LogP contribution in [0.1, 0.15) is 12.1 Å². The number of hydrogen-bond donors (Lipinski definition) is 0. The van der Waals surface area contributed by atoms with Gasteiger partial charge in [0, 0.05) is 11.6 Å². The van der Waals surface area contributed by atoms with E-state index in [1.807, 2.05) is 0 Å². The van der Waals surface area contributed by atoms with Crippen LogP contribution >= 0.6 is 11.3 Å². The highest BCUT2D eigenvalue weighted by molar-refractivity contribution is 7.15. The highest BCUT2D eigenvalue weighted by Gasteiger charge is 2.12. The minimum absolute atomic E-state index is 0.0405. The normalized spacial score (nSPS) is 11.5. The van der Waals surface area contributed by atoms with Crippen molar-refractivity contribution in [1.82, 2.24) is 9.38 Å². The molecule has 0 saturated heterocycles. The third-order valence-corrected chi connectivity index (χ3v) is 2.17. The van der Waals surface area contributed by atoms with Crippen LogP contribution in [-0.2, 0) is 0 Å². The summed E-state index contributed by atoms with van der Waals surface area (Å²) in [6, 6.07) is 0. The van der Waals surface area contributed by atoms with Crippen molar-refractivity contribution in [3.8, 4) is 0 Å². The van der Waals surface area contributed by atoms with Gasteiger partial charge in [-0.2, -0.15) is 0 Å². The van der Waals surface area contributed by atoms with E-state index < -0.39 is 6.43 Å². The van der Waals surface area contributed by atoms with E-state index in [1.165, 1.54) is 21.9 Å². The standard InChI is InChI=1S/C6H4F2N2S/c7-5(8)4-3-9-6-10(4)1-2-11-6/h1-3,5H. The van der Waals surface area contributed by atoms with Crippen molar-refractivity contribution in [2.24, 2.45) is 0 Å². The lowest BCUT2D eigenvalue weighted by atomic mass is 10.5. The van der Waals surface area contributed by atoms with Crippen molar-refractivity contribution in [2.45, 2.75) is 6.43 Å². The summed E-state index contributed by atoms with van der Waals surface area (Å²) in [7, 11) is 0. The van der Waals surface area contributed by atoms with Crippen LogP contribution in [0.5, 0.6) is 0 Å². The minimum Gasteiger partial charge on any atom is -0.289 e. The minimum atomic E-state index is -2.44. The molecular weight excluding hydrogens is 170 g/mol. The van der Waals surface area contributed by atoms with Crippen molar-refractivity contribution in [3.63, 3.8) is 0 Å². The Balaban J connectivity index is 2.68. The zero-order valence-electron chi connectivity index (χ0n) is 5.37. The first kappa shape index (κ1) is 6.72. The molecule has 0 aliphatic rings. The number of fused-ring (bicyclic) bond motifs is 1. The SMILES string of the molecule is FC(F)c1cnc2sccn12. The van der Waals surface area contributed by atoms with Gasteiger partial charge in [-0.05, 0) is 0 Å². The van der Waals surface area contributed by atoms with Crippen LogP contribution in [0, 0.1) is 0 Å². The summed E-state index contributed by atoms with van der Waals surface area (Å²) in [4.78, 5) is 4.41. The summed E-state index contributed by atoms with van der Waals surface area (Å²) in [5.41, 5.74) is -0.0405. The molecule has 0 spiro atoms. The van der Waals surface area contributed by atoms with E-state index in [-0.39, 0.29) is 5.69 Å². The quantitative estimate of drug-likeness (QED) is 0.648. The molecule has 2 nitrogen and oxygen atoms in total. The van der Waals surface area contributed by atoms with Crippen LogP contribution in [0.3, 0.4) is 0 Å². The Bertz CT molecular complexity index is 365. The van der Waals surface area contributed by atoms with Crippen molar-refractivity contribution < 1.29 is 8.78 Å². The molecule has 2 aromatic rings. The number of imidazole rings is 1. The van der Waals surface area contributed by atoms with Gasteiger partial charge in [0.2, 0.25) is 0 Å². The molecule has 0 bridgehead atoms. The van der Waals surface area contributed by atoms with Crippen molar-refractivity contribution in [1.29, 1.82) is 0 Å². The first-order valence-electron chi connectivity index (χ1n) is 2.97. The largest absolute Gasteiger partial charge is 0.289 e. The van der Waals surface area contributed by atoms with Gasteiger partial charge in [-0.1, -0.05) is 0 Å². The molecule has 0 aliphatic carbocycles. The molecule has 0 amide bonds. The fourth-order valence-corrected chi connectivity index (χ4v) is 1.60. The molecule has 2 aromatic heterocycles. The second kappa shape index (κ2) is 2.27. The summed E-state index contributed by atoms with van der Waals surface area (Å²) in [5.74, 6) is 0. The van der Waals surface area contributed by atoms with Crippen LogP contribution in [0.4, 0.5) is 8.78 Å². The highest BCUT2D eigenvalue weighted by Crippen LogP contribution is 2.21. The Morgan fingerprint density at radius 1 is 1.55 bits per heavy atom. The molecule has 0 atom stereocenters. The molecular formula is C6H4F2N2S. The smallest absolute Gasteiger partial charge is 0.280 e. The van der Waals surface area contributed by atoms with Gasteiger partial charge in [-0.15, -0.1) is 11.3 Å². The van der Waals surface area contributed by atoms with E-state index in [0.717, 1.165) is 0 Å². The number of nitrogens with zero attached hydrogens (tertiary/aromatic N) is 2. The van der Waals surface area contributed by atoms with E-state index >= 15 is 0 Å². The van der Waals surface area contributed by atoms with Gasteiger partial charge in [0.1, 0.15) is 5.69 Å². The molecule has 0 saturated carbocycles. The lowest BCUT2D eigenvalue weighted by molar-refractivity contribution is 0.145. The van der Waals surface area contributed by atoms with Crippen LogP contribution in [0.2, 0.25) is 0 Å². The summed E-state index contributed by atoms with van der Waals surface area (Å²) in [5, 5.41) is 1.73. The van der Waals surface area contributed by atoms with Gasteiger partial charge >= 0.3 is 0 Å².